The van der Waals surface area contributed by atoms with Crippen LogP contribution in [0.5, 0.6) is 0 Å². The van der Waals surface area contributed by atoms with Crippen LogP contribution in [0, 0.1) is 26.7 Å². The summed E-state index contributed by atoms with van der Waals surface area (Å²) in [4.78, 5) is 10.7. The lowest BCUT2D eigenvalue weighted by molar-refractivity contribution is -0.141. The van der Waals surface area contributed by atoms with Crippen LogP contribution in [0.3, 0.4) is 0 Å². The van der Waals surface area contributed by atoms with Crippen LogP contribution in [0.1, 0.15) is 35.6 Å². The van der Waals surface area contributed by atoms with Gasteiger partial charge >= 0.3 is 5.97 Å². The summed E-state index contributed by atoms with van der Waals surface area (Å²) < 4.78 is 0. The Kier molecular flexibility index (Phi) is 6.03. The van der Waals surface area contributed by atoms with E-state index in [1.165, 1.54) is 22.3 Å². The zero-order chi connectivity index (χ0) is 14.4. The van der Waals surface area contributed by atoms with Crippen molar-refractivity contribution < 1.29 is 9.90 Å². The average molecular weight is 263 g/mol. The maximum Gasteiger partial charge on any atom is 0.306 e. The minimum atomic E-state index is -0.716. The fourth-order valence-electron chi connectivity index (χ4n) is 2.38. The van der Waals surface area contributed by atoms with E-state index in [1.54, 1.807) is 6.92 Å². The fourth-order valence-corrected chi connectivity index (χ4v) is 2.38. The average Bonchev–Trinajstić information content (AvgIpc) is 2.30. The van der Waals surface area contributed by atoms with E-state index in [-0.39, 0.29) is 5.92 Å². The van der Waals surface area contributed by atoms with E-state index < -0.39 is 5.97 Å². The smallest absolute Gasteiger partial charge is 0.306 e. The van der Waals surface area contributed by atoms with Crippen LogP contribution in [0.25, 0.3) is 0 Å². The lowest BCUT2D eigenvalue weighted by atomic mass is 9.97. The van der Waals surface area contributed by atoms with Gasteiger partial charge in [-0.25, -0.2) is 0 Å². The normalized spacial score (nSPS) is 12.4. The minimum absolute atomic E-state index is 0.268. The van der Waals surface area contributed by atoms with E-state index in [2.05, 4.69) is 38.2 Å². The monoisotopic (exact) mass is 263 g/mol. The Morgan fingerprint density at radius 1 is 1.21 bits per heavy atom. The van der Waals surface area contributed by atoms with Crippen molar-refractivity contribution in [3.05, 3.63) is 34.4 Å². The van der Waals surface area contributed by atoms with Crippen molar-refractivity contribution in [2.45, 2.75) is 40.5 Å². The molecule has 0 fully saturated rings. The summed E-state index contributed by atoms with van der Waals surface area (Å²) in [6.45, 7) is 9.84. The van der Waals surface area contributed by atoms with Crippen molar-refractivity contribution in [3.63, 3.8) is 0 Å². The van der Waals surface area contributed by atoms with Crippen LogP contribution in [0.2, 0.25) is 0 Å². The van der Waals surface area contributed by atoms with Crippen molar-refractivity contribution in [2.24, 2.45) is 5.92 Å². The predicted octanol–water partition coefficient (Wildman–Crippen LogP) is 2.85. The van der Waals surface area contributed by atoms with Crippen LogP contribution in [-0.2, 0) is 11.2 Å². The van der Waals surface area contributed by atoms with Crippen molar-refractivity contribution >= 4 is 5.97 Å². The van der Waals surface area contributed by atoms with E-state index in [0.29, 0.717) is 6.42 Å². The molecule has 0 aliphatic carbocycles. The molecule has 0 spiro atoms. The fraction of sp³-hybridized carbons (Fsp3) is 0.562. The van der Waals surface area contributed by atoms with Gasteiger partial charge in [0, 0.05) is 0 Å². The molecular weight excluding hydrogens is 238 g/mol. The van der Waals surface area contributed by atoms with Gasteiger partial charge in [0.25, 0.3) is 0 Å². The lowest BCUT2D eigenvalue weighted by Crippen LogP contribution is -2.23. The van der Waals surface area contributed by atoms with Crippen LogP contribution in [0.15, 0.2) is 12.1 Å². The first-order valence-corrected chi connectivity index (χ1v) is 6.92. The maximum absolute atomic E-state index is 10.7. The number of rotatable bonds is 7. The standard InChI is InChI=1S/C16H25NO2/c1-11-9-13(3)15(14(4)10-11)6-8-17-7-5-12(2)16(18)19/h9-10,12,17H,5-8H2,1-4H3,(H,18,19). The summed E-state index contributed by atoms with van der Waals surface area (Å²) in [5, 5.41) is 12.1. The molecule has 1 unspecified atom stereocenters. The topological polar surface area (TPSA) is 49.3 Å². The molecule has 0 saturated carbocycles. The van der Waals surface area contributed by atoms with Crippen LogP contribution in [-0.4, -0.2) is 24.2 Å². The van der Waals surface area contributed by atoms with Gasteiger partial charge in [0.1, 0.15) is 0 Å². The van der Waals surface area contributed by atoms with E-state index in [4.69, 9.17) is 5.11 Å². The molecular formula is C16H25NO2. The zero-order valence-corrected chi connectivity index (χ0v) is 12.4. The Morgan fingerprint density at radius 2 is 1.79 bits per heavy atom. The Balaban J connectivity index is 2.36. The number of carboxylic acid groups (broad SMARTS) is 1. The molecule has 1 aromatic rings. The highest BCUT2D eigenvalue weighted by Gasteiger charge is 2.09. The quantitative estimate of drug-likeness (QED) is 0.744. The molecule has 1 atom stereocenters. The second-order valence-electron chi connectivity index (χ2n) is 5.41. The Hall–Kier alpha value is -1.35. The van der Waals surface area contributed by atoms with E-state index in [1.807, 2.05) is 0 Å². The van der Waals surface area contributed by atoms with Crippen molar-refractivity contribution in [2.75, 3.05) is 13.1 Å². The molecule has 0 aliphatic rings. The number of benzene rings is 1. The van der Waals surface area contributed by atoms with Gasteiger partial charge in [-0.3, -0.25) is 4.79 Å². The largest absolute Gasteiger partial charge is 0.481 e. The Bertz CT molecular complexity index is 417. The number of hydrogen-bond donors (Lipinski definition) is 2. The summed E-state index contributed by atoms with van der Waals surface area (Å²) in [5.74, 6) is -0.984. The maximum atomic E-state index is 10.7. The Labute approximate surface area is 116 Å². The van der Waals surface area contributed by atoms with Gasteiger partial charge in [0.15, 0.2) is 0 Å². The van der Waals surface area contributed by atoms with E-state index in [0.717, 1.165) is 19.5 Å². The summed E-state index contributed by atoms with van der Waals surface area (Å²) in [6, 6.07) is 4.43. The first-order chi connectivity index (χ1) is 8.91. The molecule has 19 heavy (non-hydrogen) atoms. The van der Waals surface area contributed by atoms with Crippen LogP contribution >= 0.6 is 0 Å². The summed E-state index contributed by atoms with van der Waals surface area (Å²) in [6.07, 6.45) is 1.68. The third kappa shape index (κ3) is 5.03. The highest BCUT2D eigenvalue weighted by Crippen LogP contribution is 2.16. The first-order valence-electron chi connectivity index (χ1n) is 6.92. The summed E-state index contributed by atoms with van der Waals surface area (Å²) >= 11 is 0. The van der Waals surface area contributed by atoms with E-state index >= 15 is 0 Å². The minimum Gasteiger partial charge on any atom is -0.481 e. The predicted molar refractivity (Wildman–Crippen MR) is 78.6 cm³/mol. The molecule has 0 amide bonds. The number of carbonyl (C=O) groups is 1. The van der Waals surface area contributed by atoms with Gasteiger partial charge < -0.3 is 10.4 Å². The molecule has 0 saturated heterocycles. The van der Waals surface area contributed by atoms with Gasteiger partial charge in [0.05, 0.1) is 5.92 Å². The Morgan fingerprint density at radius 3 is 2.32 bits per heavy atom. The number of aliphatic carboxylic acids is 1. The van der Waals surface area contributed by atoms with Gasteiger partial charge in [-0.15, -0.1) is 0 Å². The van der Waals surface area contributed by atoms with Gasteiger partial charge in [-0.05, 0) is 63.4 Å². The molecule has 0 aliphatic heterocycles. The number of aryl methyl sites for hydroxylation is 3. The highest BCUT2D eigenvalue weighted by atomic mass is 16.4. The number of carboxylic acids is 1. The molecule has 1 rings (SSSR count). The molecule has 0 radical (unpaired) electrons. The summed E-state index contributed by atoms with van der Waals surface area (Å²) in [5.41, 5.74) is 5.41. The van der Waals surface area contributed by atoms with Crippen molar-refractivity contribution in [1.29, 1.82) is 0 Å². The lowest BCUT2D eigenvalue weighted by Gasteiger charge is -2.12. The second-order valence-corrected chi connectivity index (χ2v) is 5.41. The molecule has 106 valence electrons. The van der Waals surface area contributed by atoms with Gasteiger partial charge in [0.2, 0.25) is 0 Å². The summed E-state index contributed by atoms with van der Waals surface area (Å²) in [7, 11) is 0. The highest BCUT2D eigenvalue weighted by molar-refractivity contribution is 5.69. The molecule has 1 aromatic carbocycles. The SMILES string of the molecule is Cc1cc(C)c(CCNCCC(C)C(=O)O)c(C)c1. The number of nitrogens with one attached hydrogen (secondary N) is 1. The molecule has 0 bridgehead atoms. The molecule has 2 N–H and O–H groups in total. The van der Waals surface area contributed by atoms with Gasteiger partial charge in [-0.1, -0.05) is 24.6 Å². The number of hydrogen-bond acceptors (Lipinski definition) is 2. The van der Waals surface area contributed by atoms with Gasteiger partial charge in [-0.2, -0.15) is 0 Å². The third-order valence-electron chi connectivity index (χ3n) is 3.57. The molecule has 3 nitrogen and oxygen atoms in total. The van der Waals surface area contributed by atoms with Crippen molar-refractivity contribution in [3.8, 4) is 0 Å². The first kappa shape index (κ1) is 15.7. The van der Waals surface area contributed by atoms with Crippen molar-refractivity contribution in [1.82, 2.24) is 5.32 Å². The molecule has 0 aromatic heterocycles. The van der Waals surface area contributed by atoms with E-state index in [9.17, 15) is 4.79 Å². The molecule has 0 heterocycles. The van der Waals surface area contributed by atoms with Crippen LogP contribution < -0.4 is 5.32 Å². The third-order valence-corrected chi connectivity index (χ3v) is 3.57. The zero-order valence-electron chi connectivity index (χ0n) is 12.4. The molecule has 3 heteroatoms. The van der Waals surface area contributed by atoms with Crippen LogP contribution in [0.4, 0.5) is 0 Å². The second kappa shape index (κ2) is 7.29.